The van der Waals surface area contributed by atoms with Crippen LogP contribution in [0.15, 0.2) is 54.6 Å². The molecular weight excluding hydrogens is 539 g/mol. The van der Waals surface area contributed by atoms with Crippen LogP contribution >= 0.6 is 0 Å². The number of likely N-dealkylation sites (tertiary alicyclic amines) is 1. The van der Waals surface area contributed by atoms with Crippen LogP contribution in [-0.4, -0.2) is 64.4 Å². The third kappa shape index (κ3) is 6.05. The Morgan fingerprint density at radius 3 is 2.83 bits per heavy atom. The molecule has 2 fully saturated rings. The number of nitrogens with zero attached hydrogens (tertiary/aromatic N) is 5. The molecule has 42 heavy (non-hydrogen) atoms. The van der Waals surface area contributed by atoms with E-state index in [1.807, 2.05) is 30.3 Å². The average Bonchev–Trinajstić information content (AvgIpc) is 3.56. The summed E-state index contributed by atoms with van der Waals surface area (Å²) in [6.07, 6.45) is 2.08. The number of anilines is 1. The van der Waals surface area contributed by atoms with Crippen LogP contribution in [0.4, 0.5) is 10.2 Å². The number of carbonyl (C=O) groups is 1. The molecule has 0 unspecified atom stereocenters. The van der Waals surface area contributed by atoms with Crippen LogP contribution in [0.1, 0.15) is 40.2 Å². The maximum atomic E-state index is 14.2. The van der Waals surface area contributed by atoms with E-state index < -0.39 is 5.82 Å². The van der Waals surface area contributed by atoms with Gasteiger partial charge in [-0.15, -0.1) is 0 Å². The number of fused-ring (bicyclic) bond motifs is 1. The summed E-state index contributed by atoms with van der Waals surface area (Å²) in [5.74, 6) is 1.16. The minimum absolute atomic E-state index is 0.0131. The molecule has 6 rings (SSSR count). The molecule has 4 aromatic rings. The zero-order valence-corrected chi connectivity index (χ0v) is 23.3. The Morgan fingerprint density at radius 2 is 2.07 bits per heavy atom. The number of nitriles is 1. The highest BCUT2D eigenvalue weighted by molar-refractivity contribution is 5.93. The maximum absolute atomic E-state index is 14.2. The van der Waals surface area contributed by atoms with Crippen LogP contribution in [0.5, 0.6) is 5.88 Å². The molecule has 10 nitrogen and oxygen atoms in total. The first-order valence-corrected chi connectivity index (χ1v) is 14.0. The number of imidazole rings is 1. The van der Waals surface area contributed by atoms with Gasteiger partial charge in [-0.1, -0.05) is 12.1 Å². The van der Waals surface area contributed by atoms with E-state index >= 15 is 0 Å². The van der Waals surface area contributed by atoms with Crippen molar-refractivity contribution in [1.29, 1.82) is 5.26 Å². The molecule has 2 aliphatic heterocycles. The summed E-state index contributed by atoms with van der Waals surface area (Å²) in [6.45, 7) is 3.84. The summed E-state index contributed by atoms with van der Waals surface area (Å²) in [5.41, 5.74) is 2.87. The predicted molar refractivity (Wildman–Crippen MR) is 152 cm³/mol. The first kappa shape index (κ1) is 27.6. The molecule has 2 aliphatic rings. The van der Waals surface area contributed by atoms with Crippen LogP contribution in [0.2, 0.25) is 0 Å². The lowest BCUT2D eigenvalue weighted by atomic mass is 10.1. The van der Waals surface area contributed by atoms with E-state index in [9.17, 15) is 9.18 Å². The van der Waals surface area contributed by atoms with E-state index in [0.717, 1.165) is 49.4 Å². The number of halogens is 1. The monoisotopic (exact) mass is 570 g/mol. The van der Waals surface area contributed by atoms with E-state index in [4.69, 9.17) is 24.5 Å². The maximum Gasteiger partial charge on any atom is 0.337 e. The zero-order chi connectivity index (χ0) is 29.1. The quantitative estimate of drug-likeness (QED) is 0.279. The number of benzene rings is 2. The SMILES string of the molecule is COC(=O)c1ccc2nc(CN3CC[C@@H](Nc4cccc(OCc5ccc(C#N)cc5F)n4)C3)n(C[C@@H]3CCO3)c2c1. The zero-order valence-electron chi connectivity index (χ0n) is 23.3. The topological polar surface area (TPSA) is 115 Å². The smallest absolute Gasteiger partial charge is 0.337 e. The van der Waals surface area contributed by atoms with Crippen molar-refractivity contribution in [1.82, 2.24) is 19.4 Å². The molecule has 0 bridgehead atoms. The normalized spacial score (nSPS) is 18.4. The van der Waals surface area contributed by atoms with Gasteiger partial charge >= 0.3 is 5.97 Å². The fourth-order valence-electron chi connectivity index (χ4n) is 5.34. The third-order valence-corrected chi connectivity index (χ3v) is 7.70. The van der Waals surface area contributed by atoms with Crippen molar-refractivity contribution in [2.75, 3.05) is 32.1 Å². The minimum atomic E-state index is -0.480. The van der Waals surface area contributed by atoms with Crippen LogP contribution < -0.4 is 10.1 Å². The number of aromatic nitrogens is 3. The number of esters is 1. The van der Waals surface area contributed by atoms with Crippen molar-refractivity contribution in [2.24, 2.45) is 0 Å². The summed E-state index contributed by atoms with van der Waals surface area (Å²) in [5, 5.41) is 12.4. The molecule has 2 aromatic carbocycles. The Labute approximate surface area is 242 Å². The van der Waals surface area contributed by atoms with Crippen molar-refractivity contribution >= 4 is 22.8 Å². The lowest BCUT2D eigenvalue weighted by Gasteiger charge is -2.28. The van der Waals surface area contributed by atoms with Crippen molar-refractivity contribution in [2.45, 2.75) is 44.7 Å². The van der Waals surface area contributed by atoms with Gasteiger partial charge < -0.3 is 24.1 Å². The summed E-state index contributed by atoms with van der Waals surface area (Å²) < 4.78 is 32.8. The number of pyridine rings is 1. The van der Waals surface area contributed by atoms with E-state index in [-0.39, 0.29) is 30.3 Å². The first-order chi connectivity index (χ1) is 20.5. The van der Waals surface area contributed by atoms with Gasteiger partial charge in [-0.2, -0.15) is 10.2 Å². The molecular formula is C31H31FN6O4. The molecule has 2 atom stereocenters. The largest absolute Gasteiger partial charge is 0.473 e. The van der Waals surface area contributed by atoms with Crippen LogP contribution in [0, 0.1) is 17.1 Å². The molecule has 4 heterocycles. The van der Waals surface area contributed by atoms with Crippen LogP contribution in [-0.2, 0) is 29.2 Å². The fourth-order valence-corrected chi connectivity index (χ4v) is 5.34. The predicted octanol–water partition coefficient (Wildman–Crippen LogP) is 4.28. The number of methoxy groups -OCH3 is 1. The van der Waals surface area contributed by atoms with Gasteiger partial charge in [0.15, 0.2) is 0 Å². The molecule has 11 heteroatoms. The molecule has 1 N–H and O–H groups in total. The highest BCUT2D eigenvalue weighted by Crippen LogP contribution is 2.25. The molecule has 0 saturated carbocycles. The van der Waals surface area contributed by atoms with Gasteiger partial charge in [0.2, 0.25) is 5.88 Å². The van der Waals surface area contributed by atoms with Crippen molar-refractivity contribution in [3.63, 3.8) is 0 Å². The van der Waals surface area contributed by atoms with Gasteiger partial charge in [0.25, 0.3) is 0 Å². The van der Waals surface area contributed by atoms with Gasteiger partial charge in [-0.3, -0.25) is 4.90 Å². The molecule has 0 amide bonds. The van der Waals surface area contributed by atoms with E-state index in [2.05, 4.69) is 19.8 Å². The van der Waals surface area contributed by atoms with Gasteiger partial charge in [-0.25, -0.2) is 14.2 Å². The van der Waals surface area contributed by atoms with Gasteiger partial charge in [-0.05, 0) is 49.2 Å². The Hall–Kier alpha value is -4.53. The Morgan fingerprint density at radius 1 is 1.19 bits per heavy atom. The molecule has 0 radical (unpaired) electrons. The van der Waals surface area contributed by atoms with Crippen molar-refractivity contribution in [3.05, 3.63) is 82.9 Å². The van der Waals surface area contributed by atoms with Gasteiger partial charge in [0.05, 0.1) is 54.5 Å². The number of hydrogen-bond donors (Lipinski definition) is 1. The van der Waals surface area contributed by atoms with Crippen LogP contribution in [0.3, 0.4) is 0 Å². The van der Waals surface area contributed by atoms with Gasteiger partial charge in [0, 0.05) is 37.4 Å². The molecule has 0 aliphatic carbocycles. The second-order valence-corrected chi connectivity index (χ2v) is 10.5. The lowest BCUT2D eigenvalue weighted by Crippen LogP contribution is -2.33. The number of hydrogen-bond acceptors (Lipinski definition) is 9. The van der Waals surface area contributed by atoms with Crippen LogP contribution in [0.25, 0.3) is 11.0 Å². The van der Waals surface area contributed by atoms with Gasteiger partial charge in [0.1, 0.15) is 24.1 Å². The van der Waals surface area contributed by atoms with Crippen molar-refractivity contribution in [3.8, 4) is 11.9 Å². The highest BCUT2D eigenvalue weighted by atomic mass is 19.1. The van der Waals surface area contributed by atoms with E-state index in [1.165, 1.54) is 13.2 Å². The summed E-state index contributed by atoms with van der Waals surface area (Å²) in [6, 6.07) is 17.3. The summed E-state index contributed by atoms with van der Waals surface area (Å²) >= 11 is 0. The third-order valence-electron chi connectivity index (χ3n) is 7.70. The first-order valence-electron chi connectivity index (χ1n) is 14.0. The Bertz CT molecular complexity index is 1650. The lowest BCUT2D eigenvalue weighted by molar-refractivity contribution is -0.0591. The number of ether oxygens (including phenoxy) is 3. The van der Waals surface area contributed by atoms with E-state index in [1.54, 1.807) is 24.3 Å². The minimum Gasteiger partial charge on any atom is -0.473 e. The molecule has 216 valence electrons. The highest BCUT2D eigenvalue weighted by Gasteiger charge is 2.27. The average molecular weight is 571 g/mol. The fraction of sp³-hybridized carbons (Fsp3) is 0.355. The van der Waals surface area contributed by atoms with Crippen molar-refractivity contribution < 1.29 is 23.4 Å². The molecule has 0 spiro atoms. The number of rotatable bonds is 10. The number of nitrogens with one attached hydrogen (secondary N) is 1. The van der Waals surface area contributed by atoms with E-state index in [0.29, 0.717) is 35.9 Å². The second-order valence-electron chi connectivity index (χ2n) is 10.5. The standard InChI is InChI=1S/C31H31FN6O4/c1-40-31(39)21-7-8-26-27(14-21)38(17-24-10-12-41-24)29(35-26)18-37-11-9-23(16-37)34-28-3-2-4-30(36-28)42-19-22-6-5-20(15-33)13-25(22)32/h2-8,13-14,23-24H,9-12,16-19H2,1H3,(H,34,36)/t23-,24+/m1/s1. The molecule has 2 aromatic heterocycles. The Balaban J connectivity index is 1.10. The summed E-state index contributed by atoms with van der Waals surface area (Å²) in [4.78, 5) is 24.0. The number of carbonyl (C=O) groups excluding carboxylic acids is 1. The molecule has 2 saturated heterocycles. The summed E-state index contributed by atoms with van der Waals surface area (Å²) in [7, 11) is 1.38. The second kappa shape index (κ2) is 12.1. The Kier molecular flexibility index (Phi) is 7.99.